The van der Waals surface area contributed by atoms with E-state index in [1.807, 2.05) is 54.6 Å². The monoisotopic (exact) mass is 509 g/mol. The summed E-state index contributed by atoms with van der Waals surface area (Å²) in [6, 6.07) is 23.3. The summed E-state index contributed by atoms with van der Waals surface area (Å²) in [4.78, 5) is 17.3. The van der Waals surface area contributed by atoms with E-state index < -0.39 is 10.0 Å². The van der Waals surface area contributed by atoms with E-state index in [-0.39, 0.29) is 23.9 Å². The molecule has 0 aromatic heterocycles. The standard InChI is InChI=1S/C27H31N3O5S/c1-34-23-12-14-24(15-13-23)36(32,33)30(20-22-8-4-3-5-9-22)21-27(31)29-18-16-28(17-19-29)25-10-6-7-11-26(25)35-2/h3-15H,16-21H2,1-2H3. The average molecular weight is 510 g/mol. The molecule has 0 unspecified atom stereocenters. The molecule has 1 aliphatic heterocycles. The fourth-order valence-corrected chi connectivity index (χ4v) is 5.63. The number of para-hydroxylation sites is 2. The van der Waals surface area contributed by atoms with Gasteiger partial charge in [0.05, 0.1) is 31.3 Å². The van der Waals surface area contributed by atoms with E-state index in [0.29, 0.717) is 31.9 Å². The van der Waals surface area contributed by atoms with Crippen LogP contribution in [0, 0.1) is 0 Å². The number of amides is 1. The molecule has 0 N–H and O–H groups in total. The number of carbonyl (C=O) groups excluding carboxylic acids is 1. The predicted molar refractivity (Wildman–Crippen MR) is 139 cm³/mol. The lowest BCUT2D eigenvalue weighted by molar-refractivity contribution is -0.131. The van der Waals surface area contributed by atoms with Crippen LogP contribution < -0.4 is 14.4 Å². The van der Waals surface area contributed by atoms with Crippen molar-refractivity contribution in [3.63, 3.8) is 0 Å². The number of ether oxygens (including phenoxy) is 2. The van der Waals surface area contributed by atoms with Gasteiger partial charge >= 0.3 is 0 Å². The van der Waals surface area contributed by atoms with Crippen LogP contribution in [0.15, 0.2) is 83.8 Å². The van der Waals surface area contributed by atoms with Crippen LogP contribution in [-0.4, -0.2) is 70.5 Å². The lowest BCUT2D eigenvalue weighted by Crippen LogP contribution is -2.51. The average Bonchev–Trinajstić information content (AvgIpc) is 2.93. The summed E-state index contributed by atoms with van der Waals surface area (Å²) in [5, 5.41) is 0. The number of anilines is 1. The second kappa shape index (κ2) is 11.5. The zero-order chi connectivity index (χ0) is 25.5. The van der Waals surface area contributed by atoms with Gasteiger partial charge in [0, 0.05) is 32.7 Å². The van der Waals surface area contributed by atoms with E-state index in [2.05, 4.69) is 4.90 Å². The summed E-state index contributed by atoms with van der Waals surface area (Å²) in [6.45, 7) is 2.13. The van der Waals surface area contributed by atoms with Gasteiger partial charge in [-0.25, -0.2) is 8.42 Å². The molecule has 0 aliphatic carbocycles. The highest BCUT2D eigenvalue weighted by Crippen LogP contribution is 2.28. The molecule has 8 nitrogen and oxygen atoms in total. The van der Waals surface area contributed by atoms with Crippen LogP contribution in [-0.2, 0) is 21.4 Å². The molecule has 0 bridgehead atoms. The Morgan fingerprint density at radius 2 is 1.47 bits per heavy atom. The van der Waals surface area contributed by atoms with Crippen molar-refractivity contribution in [3.05, 3.63) is 84.4 Å². The van der Waals surface area contributed by atoms with Gasteiger partial charge in [-0.1, -0.05) is 42.5 Å². The van der Waals surface area contributed by atoms with Gasteiger partial charge < -0.3 is 19.3 Å². The Hall–Kier alpha value is -3.56. The summed E-state index contributed by atoms with van der Waals surface area (Å²) in [6.07, 6.45) is 0. The number of hydrogen-bond acceptors (Lipinski definition) is 6. The van der Waals surface area contributed by atoms with E-state index in [1.54, 1.807) is 24.1 Å². The summed E-state index contributed by atoms with van der Waals surface area (Å²) in [5.74, 6) is 1.13. The first-order valence-corrected chi connectivity index (χ1v) is 13.2. The molecule has 0 saturated carbocycles. The first-order chi connectivity index (χ1) is 17.4. The van der Waals surface area contributed by atoms with E-state index in [4.69, 9.17) is 9.47 Å². The van der Waals surface area contributed by atoms with Gasteiger partial charge in [0.15, 0.2) is 0 Å². The summed E-state index contributed by atoms with van der Waals surface area (Å²) in [5.41, 5.74) is 1.79. The number of benzene rings is 3. The van der Waals surface area contributed by atoms with E-state index >= 15 is 0 Å². The van der Waals surface area contributed by atoms with Gasteiger partial charge in [0.1, 0.15) is 11.5 Å². The lowest BCUT2D eigenvalue weighted by Gasteiger charge is -2.37. The maximum atomic E-state index is 13.6. The molecule has 1 amide bonds. The van der Waals surface area contributed by atoms with Crippen molar-refractivity contribution in [1.29, 1.82) is 0 Å². The van der Waals surface area contributed by atoms with Crippen molar-refractivity contribution in [3.8, 4) is 11.5 Å². The first kappa shape index (κ1) is 25.5. The van der Waals surface area contributed by atoms with Gasteiger partial charge in [0.2, 0.25) is 15.9 Å². The highest BCUT2D eigenvalue weighted by Gasteiger charge is 2.30. The van der Waals surface area contributed by atoms with Gasteiger partial charge in [-0.05, 0) is 42.0 Å². The maximum Gasteiger partial charge on any atom is 0.243 e. The number of carbonyl (C=O) groups is 1. The van der Waals surface area contributed by atoms with Crippen molar-refractivity contribution in [2.45, 2.75) is 11.4 Å². The summed E-state index contributed by atoms with van der Waals surface area (Å²) >= 11 is 0. The molecular formula is C27H31N3O5S. The predicted octanol–water partition coefficient (Wildman–Crippen LogP) is 3.24. The highest BCUT2D eigenvalue weighted by molar-refractivity contribution is 7.89. The van der Waals surface area contributed by atoms with Crippen LogP contribution in [0.5, 0.6) is 11.5 Å². The molecule has 1 heterocycles. The minimum atomic E-state index is -3.92. The molecule has 4 rings (SSSR count). The Morgan fingerprint density at radius 3 is 2.11 bits per heavy atom. The van der Waals surface area contributed by atoms with E-state index in [1.165, 1.54) is 23.5 Å². The van der Waals surface area contributed by atoms with Crippen molar-refractivity contribution in [2.75, 3.05) is 51.8 Å². The Bertz CT molecular complexity index is 1260. The topological polar surface area (TPSA) is 79.4 Å². The molecule has 9 heteroatoms. The molecule has 0 radical (unpaired) electrons. The fourth-order valence-electron chi connectivity index (χ4n) is 4.25. The van der Waals surface area contributed by atoms with Gasteiger partial charge in [0.25, 0.3) is 0 Å². The molecule has 3 aromatic rings. The number of piperazine rings is 1. The summed E-state index contributed by atoms with van der Waals surface area (Å²) < 4.78 is 39.0. The Balaban J connectivity index is 1.49. The quantitative estimate of drug-likeness (QED) is 0.441. The van der Waals surface area contributed by atoms with Gasteiger partial charge in [-0.3, -0.25) is 4.79 Å². The number of nitrogens with zero attached hydrogens (tertiary/aromatic N) is 3. The zero-order valence-electron chi connectivity index (χ0n) is 20.5. The van der Waals surface area contributed by atoms with E-state index in [9.17, 15) is 13.2 Å². The van der Waals surface area contributed by atoms with Crippen molar-refractivity contribution >= 4 is 21.6 Å². The Morgan fingerprint density at radius 1 is 0.833 bits per heavy atom. The SMILES string of the molecule is COc1ccc(S(=O)(=O)N(CC(=O)N2CCN(c3ccccc3OC)CC2)Cc2ccccc2)cc1. The van der Waals surface area contributed by atoms with Crippen LogP contribution in [0.1, 0.15) is 5.56 Å². The van der Waals surface area contributed by atoms with Crippen LogP contribution in [0.2, 0.25) is 0 Å². The van der Waals surface area contributed by atoms with Crippen molar-refractivity contribution < 1.29 is 22.7 Å². The Labute approximate surface area is 212 Å². The van der Waals surface area contributed by atoms with Crippen LogP contribution in [0.3, 0.4) is 0 Å². The smallest absolute Gasteiger partial charge is 0.243 e. The largest absolute Gasteiger partial charge is 0.497 e. The second-order valence-electron chi connectivity index (χ2n) is 8.47. The molecule has 190 valence electrons. The molecular weight excluding hydrogens is 478 g/mol. The molecule has 1 fully saturated rings. The van der Waals surface area contributed by atoms with Crippen LogP contribution >= 0.6 is 0 Å². The third-order valence-electron chi connectivity index (χ3n) is 6.27. The van der Waals surface area contributed by atoms with Crippen LogP contribution in [0.4, 0.5) is 5.69 Å². The number of sulfonamides is 1. The molecule has 0 atom stereocenters. The minimum absolute atomic E-state index is 0.0993. The van der Waals surface area contributed by atoms with Gasteiger partial charge in [-0.15, -0.1) is 0 Å². The first-order valence-electron chi connectivity index (χ1n) is 11.8. The molecule has 36 heavy (non-hydrogen) atoms. The van der Waals surface area contributed by atoms with Crippen molar-refractivity contribution in [1.82, 2.24) is 9.21 Å². The molecule has 3 aromatic carbocycles. The molecule has 1 aliphatic rings. The third kappa shape index (κ3) is 5.80. The lowest BCUT2D eigenvalue weighted by atomic mass is 10.2. The number of rotatable bonds is 9. The zero-order valence-corrected chi connectivity index (χ0v) is 21.4. The fraction of sp³-hybridized carbons (Fsp3) is 0.296. The number of hydrogen-bond donors (Lipinski definition) is 0. The molecule has 0 spiro atoms. The summed E-state index contributed by atoms with van der Waals surface area (Å²) in [7, 11) is -0.750. The van der Waals surface area contributed by atoms with Crippen molar-refractivity contribution in [2.24, 2.45) is 0 Å². The molecule has 1 saturated heterocycles. The van der Waals surface area contributed by atoms with E-state index in [0.717, 1.165) is 17.0 Å². The van der Waals surface area contributed by atoms with Gasteiger partial charge in [-0.2, -0.15) is 4.31 Å². The highest BCUT2D eigenvalue weighted by atomic mass is 32.2. The maximum absolute atomic E-state index is 13.6. The minimum Gasteiger partial charge on any atom is -0.497 e. The third-order valence-corrected chi connectivity index (χ3v) is 8.07. The van der Waals surface area contributed by atoms with Crippen LogP contribution in [0.25, 0.3) is 0 Å². The normalized spacial score (nSPS) is 14.1. The number of methoxy groups -OCH3 is 2. The second-order valence-corrected chi connectivity index (χ2v) is 10.4. The Kier molecular flexibility index (Phi) is 8.12.